The van der Waals surface area contributed by atoms with Crippen LogP contribution in [0.2, 0.25) is 0 Å². The molecule has 0 spiro atoms. The van der Waals surface area contributed by atoms with Gasteiger partial charge >= 0.3 is 5.97 Å². The average Bonchev–Trinajstić information content (AvgIpc) is 1.79. The van der Waals surface area contributed by atoms with Crippen LogP contribution in [-0.2, 0) is 9.53 Å². The minimum absolute atomic E-state index is 0.0185. The Morgan fingerprint density at radius 3 is 2.55 bits per heavy atom. The van der Waals surface area contributed by atoms with Crippen LogP contribution in [0.25, 0.3) is 0 Å². The Morgan fingerprint density at radius 2 is 2.18 bits per heavy atom. The number of rotatable bonds is 3. The number of carbonyl (C=O) groups is 1. The molecule has 0 aromatic rings. The van der Waals surface area contributed by atoms with Crippen LogP contribution in [0.4, 0.5) is 0 Å². The fourth-order valence-electron chi connectivity index (χ4n) is 1.01. The molecule has 0 saturated heterocycles. The van der Waals surface area contributed by atoms with Crippen LogP contribution in [0.1, 0.15) is 33.1 Å². The summed E-state index contributed by atoms with van der Waals surface area (Å²) in [6, 6.07) is 0. The Bertz CT molecular complexity index is 136. The highest BCUT2D eigenvalue weighted by molar-refractivity contribution is 5.73. The molecule has 0 amide bonds. The molecule has 0 aromatic heterocycles. The Labute approximate surface area is 67.9 Å². The van der Waals surface area contributed by atoms with E-state index in [4.69, 9.17) is 4.74 Å². The van der Waals surface area contributed by atoms with Crippen LogP contribution in [0.15, 0.2) is 0 Å². The molecule has 0 heterocycles. The highest BCUT2D eigenvalue weighted by Crippen LogP contribution is 2.27. The third kappa shape index (κ3) is 2.52. The van der Waals surface area contributed by atoms with Gasteiger partial charge in [-0.25, -0.2) is 0 Å². The minimum Gasteiger partial charge on any atom is -0.465 e. The lowest BCUT2D eigenvalue weighted by Crippen LogP contribution is -2.25. The van der Waals surface area contributed by atoms with E-state index in [1.54, 1.807) is 0 Å². The lowest BCUT2D eigenvalue weighted by atomic mass is 9.86. The molecule has 2 nitrogen and oxygen atoms in total. The maximum Gasteiger partial charge on any atom is 0.308 e. The van der Waals surface area contributed by atoms with Crippen LogP contribution >= 0.6 is 0 Å². The number of carbonyl (C=O) groups excluding carboxylic acids is 1. The molecule has 1 aliphatic rings. The van der Waals surface area contributed by atoms with E-state index in [-0.39, 0.29) is 11.9 Å². The quantitative estimate of drug-likeness (QED) is 0.584. The van der Waals surface area contributed by atoms with Crippen LogP contribution in [-0.4, -0.2) is 12.6 Å². The van der Waals surface area contributed by atoms with Gasteiger partial charge in [0.1, 0.15) is 0 Å². The van der Waals surface area contributed by atoms with Crippen LogP contribution in [0, 0.1) is 11.8 Å². The third-order valence-electron chi connectivity index (χ3n) is 2.00. The lowest BCUT2D eigenvalue weighted by molar-refractivity contribution is -0.152. The van der Waals surface area contributed by atoms with Gasteiger partial charge in [-0.1, -0.05) is 20.3 Å². The third-order valence-corrected chi connectivity index (χ3v) is 2.00. The molecule has 0 aromatic carbocycles. The normalized spacial score (nSPS) is 18.1. The number of hydrogen-bond donors (Lipinski definition) is 0. The summed E-state index contributed by atoms with van der Waals surface area (Å²) in [5.74, 6) is 0.706. The second-order valence-corrected chi connectivity index (χ2v) is 3.65. The topological polar surface area (TPSA) is 26.3 Å². The summed E-state index contributed by atoms with van der Waals surface area (Å²) in [7, 11) is 0. The van der Waals surface area contributed by atoms with Crippen molar-refractivity contribution in [1.29, 1.82) is 0 Å². The standard InChI is InChI=1S/C9H16O2/c1-7(2)6-11-9(10)8-4-3-5-8/h7-8H,3-6H2,1-2H3. The highest BCUT2D eigenvalue weighted by Gasteiger charge is 2.26. The zero-order valence-electron chi connectivity index (χ0n) is 7.30. The monoisotopic (exact) mass is 156 g/mol. The van der Waals surface area contributed by atoms with Gasteiger partial charge in [-0.05, 0) is 18.8 Å². The molecule has 2 heteroatoms. The van der Waals surface area contributed by atoms with E-state index in [9.17, 15) is 4.79 Å². The molecule has 1 fully saturated rings. The SMILES string of the molecule is CC(C)COC(=O)C1CCC1. The maximum atomic E-state index is 11.1. The minimum atomic E-state index is 0.0185. The summed E-state index contributed by atoms with van der Waals surface area (Å²) < 4.78 is 5.07. The molecule has 0 atom stereocenters. The van der Waals surface area contributed by atoms with Gasteiger partial charge in [0.15, 0.2) is 0 Å². The second kappa shape index (κ2) is 3.74. The fraction of sp³-hybridized carbons (Fsp3) is 0.889. The summed E-state index contributed by atoms with van der Waals surface area (Å²) in [5, 5.41) is 0. The summed E-state index contributed by atoms with van der Waals surface area (Å²) in [6.07, 6.45) is 3.27. The highest BCUT2D eigenvalue weighted by atomic mass is 16.5. The average molecular weight is 156 g/mol. The first-order valence-corrected chi connectivity index (χ1v) is 4.37. The Balaban J connectivity index is 2.10. The van der Waals surface area contributed by atoms with Crippen LogP contribution in [0.5, 0.6) is 0 Å². The van der Waals surface area contributed by atoms with E-state index in [2.05, 4.69) is 0 Å². The van der Waals surface area contributed by atoms with Gasteiger partial charge in [0.2, 0.25) is 0 Å². The number of ether oxygens (including phenoxy) is 1. The fourth-order valence-corrected chi connectivity index (χ4v) is 1.01. The van der Waals surface area contributed by atoms with Crippen molar-refractivity contribution in [3.63, 3.8) is 0 Å². The largest absolute Gasteiger partial charge is 0.465 e. The van der Waals surface area contributed by atoms with E-state index >= 15 is 0 Å². The van der Waals surface area contributed by atoms with Crippen molar-refractivity contribution >= 4 is 5.97 Å². The molecule has 0 unspecified atom stereocenters. The van der Waals surface area contributed by atoms with E-state index in [1.807, 2.05) is 13.8 Å². The van der Waals surface area contributed by atoms with Crippen molar-refractivity contribution < 1.29 is 9.53 Å². The molecule has 1 aliphatic carbocycles. The summed E-state index contributed by atoms with van der Waals surface area (Å²) in [6.45, 7) is 4.68. The molecule has 0 radical (unpaired) electrons. The Hall–Kier alpha value is -0.530. The van der Waals surface area contributed by atoms with E-state index in [0.717, 1.165) is 12.8 Å². The van der Waals surface area contributed by atoms with Gasteiger partial charge < -0.3 is 4.74 Å². The number of hydrogen-bond acceptors (Lipinski definition) is 2. The number of esters is 1. The van der Waals surface area contributed by atoms with E-state index in [0.29, 0.717) is 12.5 Å². The predicted octanol–water partition coefficient (Wildman–Crippen LogP) is 1.99. The smallest absolute Gasteiger partial charge is 0.308 e. The van der Waals surface area contributed by atoms with Crippen molar-refractivity contribution in [3.8, 4) is 0 Å². The first-order chi connectivity index (χ1) is 5.20. The summed E-state index contributed by atoms with van der Waals surface area (Å²) in [5.41, 5.74) is 0. The maximum absolute atomic E-state index is 11.1. The molecule has 1 saturated carbocycles. The van der Waals surface area contributed by atoms with E-state index < -0.39 is 0 Å². The Kier molecular flexibility index (Phi) is 2.92. The summed E-state index contributed by atoms with van der Waals surface area (Å²) in [4.78, 5) is 11.1. The van der Waals surface area contributed by atoms with Crippen molar-refractivity contribution in [1.82, 2.24) is 0 Å². The van der Waals surface area contributed by atoms with Crippen molar-refractivity contribution in [2.24, 2.45) is 11.8 Å². The van der Waals surface area contributed by atoms with Gasteiger partial charge in [0.25, 0.3) is 0 Å². The van der Waals surface area contributed by atoms with Crippen LogP contribution in [0.3, 0.4) is 0 Å². The first-order valence-electron chi connectivity index (χ1n) is 4.37. The van der Waals surface area contributed by atoms with Gasteiger partial charge in [0, 0.05) is 0 Å². The zero-order chi connectivity index (χ0) is 8.27. The van der Waals surface area contributed by atoms with Gasteiger partial charge in [0.05, 0.1) is 12.5 Å². The lowest BCUT2D eigenvalue weighted by Gasteiger charge is -2.23. The Morgan fingerprint density at radius 1 is 1.55 bits per heavy atom. The van der Waals surface area contributed by atoms with Crippen molar-refractivity contribution in [2.75, 3.05) is 6.61 Å². The van der Waals surface area contributed by atoms with Gasteiger partial charge in [-0.15, -0.1) is 0 Å². The molecular weight excluding hydrogens is 140 g/mol. The van der Waals surface area contributed by atoms with Crippen LogP contribution < -0.4 is 0 Å². The zero-order valence-corrected chi connectivity index (χ0v) is 7.30. The molecular formula is C9H16O2. The molecule has 1 rings (SSSR count). The molecule has 64 valence electrons. The van der Waals surface area contributed by atoms with Crippen molar-refractivity contribution in [3.05, 3.63) is 0 Å². The van der Waals surface area contributed by atoms with E-state index in [1.165, 1.54) is 6.42 Å². The molecule has 0 bridgehead atoms. The van der Waals surface area contributed by atoms with Gasteiger partial charge in [-0.3, -0.25) is 4.79 Å². The van der Waals surface area contributed by atoms with Crippen molar-refractivity contribution in [2.45, 2.75) is 33.1 Å². The molecule has 11 heavy (non-hydrogen) atoms. The second-order valence-electron chi connectivity index (χ2n) is 3.65. The van der Waals surface area contributed by atoms with Gasteiger partial charge in [-0.2, -0.15) is 0 Å². The molecule has 0 N–H and O–H groups in total. The first kappa shape index (κ1) is 8.57. The predicted molar refractivity (Wildman–Crippen MR) is 43.1 cm³/mol. The molecule has 0 aliphatic heterocycles. The summed E-state index contributed by atoms with van der Waals surface area (Å²) >= 11 is 0.